The van der Waals surface area contributed by atoms with E-state index in [-0.39, 0.29) is 10.8 Å². The second-order valence-electron chi connectivity index (χ2n) is 7.71. The summed E-state index contributed by atoms with van der Waals surface area (Å²) in [5.41, 5.74) is -0.412. The number of hydrogen-bond donors (Lipinski definition) is 3. The van der Waals surface area contributed by atoms with Gasteiger partial charge in [-0.25, -0.2) is 8.42 Å². The number of aromatic hydroxyl groups is 2. The molecule has 0 bridgehead atoms. The van der Waals surface area contributed by atoms with Crippen LogP contribution in [0.5, 0.6) is 11.5 Å². The number of hydrogen-bond acceptors (Lipinski definition) is 6. The second-order valence-corrected chi connectivity index (χ2v) is 9.70. The van der Waals surface area contributed by atoms with Gasteiger partial charge in [-0.05, 0) is 68.4 Å². The molecule has 3 N–H and O–H groups in total. The number of aliphatic hydroxyl groups is 1. The Bertz CT molecular complexity index is 1060. The predicted molar refractivity (Wildman–Crippen MR) is 105 cm³/mol. The van der Waals surface area contributed by atoms with Crippen LogP contribution in [0, 0.1) is 12.8 Å². The molecule has 150 valence electrons. The summed E-state index contributed by atoms with van der Waals surface area (Å²) >= 11 is 0. The SMILES string of the molecule is Cc1cc(=O)c(O)c(O)c2c1C[C@@H](C(C)(O)CS(=O)(=O)c1ccccc1)CC2. The van der Waals surface area contributed by atoms with Crippen LogP contribution in [0.3, 0.4) is 0 Å². The van der Waals surface area contributed by atoms with Gasteiger partial charge in [0.15, 0.2) is 15.6 Å². The second kappa shape index (κ2) is 7.22. The highest BCUT2D eigenvalue weighted by atomic mass is 32.2. The molecule has 0 saturated heterocycles. The van der Waals surface area contributed by atoms with E-state index in [0.717, 1.165) is 0 Å². The summed E-state index contributed by atoms with van der Waals surface area (Å²) in [6.45, 7) is 3.22. The lowest BCUT2D eigenvalue weighted by molar-refractivity contribution is 0.0140. The topological polar surface area (TPSA) is 112 Å². The van der Waals surface area contributed by atoms with Gasteiger partial charge < -0.3 is 15.3 Å². The van der Waals surface area contributed by atoms with Crippen LogP contribution in [0.25, 0.3) is 0 Å². The molecule has 0 aromatic heterocycles. The molecule has 0 heterocycles. The van der Waals surface area contributed by atoms with Gasteiger partial charge in [-0.2, -0.15) is 0 Å². The Hall–Kier alpha value is -2.38. The van der Waals surface area contributed by atoms with E-state index < -0.39 is 38.1 Å². The van der Waals surface area contributed by atoms with Gasteiger partial charge in [0, 0.05) is 5.56 Å². The van der Waals surface area contributed by atoms with Crippen molar-refractivity contribution in [3.05, 3.63) is 63.3 Å². The maximum Gasteiger partial charge on any atom is 0.224 e. The van der Waals surface area contributed by atoms with E-state index in [9.17, 15) is 28.5 Å². The average molecular weight is 404 g/mol. The highest BCUT2D eigenvalue weighted by Crippen LogP contribution is 2.39. The zero-order chi connectivity index (χ0) is 20.7. The third kappa shape index (κ3) is 3.77. The van der Waals surface area contributed by atoms with Crippen LogP contribution in [-0.4, -0.2) is 35.1 Å². The van der Waals surface area contributed by atoms with Gasteiger partial charge in [-0.15, -0.1) is 0 Å². The molecule has 28 heavy (non-hydrogen) atoms. The first kappa shape index (κ1) is 20.4. The van der Waals surface area contributed by atoms with Crippen LogP contribution in [0.4, 0.5) is 0 Å². The van der Waals surface area contributed by atoms with E-state index >= 15 is 0 Å². The van der Waals surface area contributed by atoms with Crippen molar-refractivity contribution >= 4 is 9.84 Å². The Morgan fingerprint density at radius 1 is 1.11 bits per heavy atom. The molecule has 0 fully saturated rings. The van der Waals surface area contributed by atoms with Crippen LogP contribution < -0.4 is 5.43 Å². The van der Waals surface area contributed by atoms with Gasteiger partial charge in [0.1, 0.15) is 0 Å². The Morgan fingerprint density at radius 3 is 2.39 bits per heavy atom. The maximum atomic E-state index is 12.7. The van der Waals surface area contributed by atoms with Gasteiger partial charge in [0.2, 0.25) is 11.2 Å². The molecule has 2 aromatic rings. The maximum absolute atomic E-state index is 12.7. The molecule has 0 aliphatic heterocycles. The molecule has 2 atom stereocenters. The van der Waals surface area contributed by atoms with Crippen molar-refractivity contribution in [2.24, 2.45) is 5.92 Å². The van der Waals surface area contributed by atoms with Gasteiger partial charge in [0.25, 0.3) is 0 Å². The third-order valence-electron chi connectivity index (χ3n) is 5.59. The van der Waals surface area contributed by atoms with Crippen molar-refractivity contribution in [1.29, 1.82) is 0 Å². The van der Waals surface area contributed by atoms with Crippen LogP contribution in [0.15, 0.2) is 46.1 Å². The predicted octanol–water partition coefficient (Wildman–Crippen LogP) is 2.10. The minimum absolute atomic E-state index is 0.160. The lowest BCUT2D eigenvalue weighted by Gasteiger charge is -2.36. The molecule has 0 amide bonds. The largest absolute Gasteiger partial charge is 0.504 e. The number of benzene rings is 1. The molecule has 0 radical (unpaired) electrons. The molecule has 7 heteroatoms. The quantitative estimate of drug-likeness (QED) is 0.719. The summed E-state index contributed by atoms with van der Waals surface area (Å²) in [6, 6.07) is 9.26. The number of rotatable bonds is 4. The van der Waals surface area contributed by atoms with E-state index in [4.69, 9.17) is 0 Å². The van der Waals surface area contributed by atoms with Crippen LogP contribution in [0.2, 0.25) is 0 Å². The summed E-state index contributed by atoms with van der Waals surface area (Å²) in [6.07, 6.45) is 1.06. The number of fused-ring (bicyclic) bond motifs is 1. The standard InChI is InChI=1S/C21H24O6S/c1-13-10-18(22)20(24)19(23)16-9-8-14(11-17(13)16)21(2,25)12-28(26,27)15-6-4-3-5-7-15/h3-7,10,14,25H,8-9,11-12H2,1-2H3,(H2,22,23,24)/t14-,21?/m0/s1. The first-order valence-corrected chi connectivity index (χ1v) is 10.8. The first-order chi connectivity index (χ1) is 13.0. The minimum Gasteiger partial charge on any atom is -0.504 e. The van der Waals surface area contributed by atoms with Gasteiger partial charge in [-0.1, -0.05) is 18.2 Å². The normalized spacial score (nSPS) is 18.9. The molecule has 6 nitrogen and oxygen atoms in total. The summed E-state index contributed by atoms with van der Waals surface area (Å²) < 4.78 is 25.4. The monoisotopic (exact) mass is 404 g/mol. The van der Waals surface area contributed by atoms with Gasteiger partial charge in [0.05, 0.1) is 16.2 Å². The lowest BCUT2D eigenvalue weighted by Crippen LogP contribution is -2.44. The Labute approximate surface area is 164 Å². The van der Waals surface area contributed by atoms with E-state index in [1.807, 2.05) is 0 Å². The van der Waals surface area contributed by atoms with Crippen molar-refractivity contribution in [2.45, 2.75) is 43.6 Å². The zero-order valence-electron chi connectivity index (χ0n) is 15.8. The first-order valence-electron chi connectivity index (χ1n) is 9.10. The fourth-order valence-corrected chi connectivity index (χ4v) is 5.70. The Balaban J connectivity index is 1.94. The van der Waals surface area contributed by atoms with Crippen molar-refractivity contribution in [1.82, 2.24) is 0 Å². The average Bonchev–Trinajstić information content (AvgIpc) is 2.72. The van der Waals surface area contributed by atoms with Crippen LogP contribution >= 0.6 is 0 Å². The highest BCUT2D eigenvalue weighted by Gasteiger charge is 2.39. The molecule has 1 unspecified atom stereocenters. The highest BCUT2D eigenvalue weighted by molar-refractivity contribution is 7.91. The molecule has 1 aliphatic rings. The molecule has 2 aromatic carbocycles. The van der Waals surface area contributed by atoms with E-state index in [1.165, 1.54) is 25.1 Å². The smallest absolute Gasteiger partial charge is 0.224 e. The van der Waals surface area contributed by atoms with Crippen LogP contribution in [0.1, 0.15) is 30.0 Å². The minimum atomic E-state index is -3.68. The van der Waals surface area contributed by atoms with Crippen molar-refractivity contribution < 1.29 is 23.7 Å². The summed E-state index contributed by atoms with van der Waals surface area (Å²) in [5.74, 6) is -1.91. The van der Waals surface area contributed by atoms with E-state index in [1.54, 1.807) is 25.1 Å². The van der Waals surface area contributed by atoms with E-state index in [0.29, 0.717) is 36.0 Å². The molecular formula is C21H24O6S. The summed E-state index contributed by atoms with van der Waals surface area (Å²) in [7, 11) is -3.68. The molecule has 3 rings (SSSR count). The summed E-state index contributed by atoms with van der Waals surface area (Å²) in [5, 5.41) is 31.1. The number of sulfone groups is 1. The number of aryl methyl sites for hydroxylation is 1. The molecule has 1 aliphatic carbocycles. The van der Waals surface area contributed by atoms with E-state index in [2.05, 4.69) is 0 Å². The summed E-state index contributed by atoms with van der Waals surface area (Å²) in [4.78, 5) is 12.1. The Morgan fingerprint density at radius 2 is 1.75 bits per heavy atom. The van der Waals surface area contributed by atoms with Crippen molar-refractivity contribution in [2.75, 3.05) is 5.75 Å². The fourth-order valence-electron chi connectivity index (χ4n) is 3.96. The third-order valence-corrected chi connectivity index (χ3v) is 7.54. The van der Waals surface area contributed by atoms with Crippen molar-refractivity contribution in [3.8, 4) is 11.5 Å². The Kier molecular flexibility index (Phi) is 5.25. The molecular weight excluding hydrogens is 380 g/mol. The van der Waals surface area contributed by atoms with Crippen molar-refractivity contribution in [3.63, 3.8) is 0 Å². The van der Waals surface area contributed by atoms with Gasteiger partial charge >= 0.3 is 0 Å². The fraction of sp³-hybridized carbons (Fsp3) is 0.381. The zero-order valence-corrected chi connectivity index (χ0v) is 16.7. The van der Waals surface area contributed by atoms with Crippen LogP contribution in [-0.2, 0) is 22.7 Å². The lowest BCUT2D eigenvalue weighted by atomic mass is 9.75. The molecule has 0 saturated carbocycles. The molecule has 0 spiro atoms. The van der Waals surface area contributed by atoms with Gasteiger partial charge in [-0.3, -0.25) is 4.79 Å².